The number of rotatable bonds is 3. The van der Waals surface area contributed by atoms with Gasteiger partial charge >= 0.3 is 0 Å². The number of halogens is 1. The van der Waals surface area contributed by atoms with Crippen molar-refractivity contribution in [3.05, 3.63) is 35.1 Å². The van der Waals surface area contributed by atoms with Crippen molar-refractivity contribution >= 4 is 5.91 Å². The first kappa shape index (κ1) is 13.0. The van der Waals surface area contributed by atoms with Gasteiger partial charge in [0.25, 0.3) is 5.91 Å². The van der Waals surface area contributed by atoms with Crippen LogP contribution in [-0.2, 0) is 4.74 Å². The van der Waals surface area contributed by atoms with Gasteiger partial charge in [-0.1, -0.05) is 0 Å². The fourth-order valence-electron chi connectivity index (χ4n) is 1.93. The van der Waals surface area contributed by atoms with Crippen molar-refractivity contribution in [1.29, 1.82) is 0 Å². The van der Waals surface area contributed by atoms with Crippen LogP contribution in [0.1, 0.15) is 15.9 Å². The number of ether oxygens (including phenoxy) is 1. The van der Waals surface area contributed by atoms with Crippen molar-refractivity contribution < 1.29 is 13.9 Å². The first-order chi connectivity index (χ1) is 8.66. The maximum atomic E-state index is 12.9. The molecule has 0 radical (unpaired) electrons. The Bertz CT molecular complexity index is 431. The zero-order chi connectivity index (χ0) is 13.0. The number of carbonyl (C=O) groups is 1. The zero-order valence-corrected chi connectivity index (χ0v) is 10.3. The summed E-state index contributed by atoms with van der Waals surface area (Å²) in [6.45, 7) is 4.43. The van der Waals surface area contributed by atoms with Crippen LogP contribution in [0.5, 0.6) is 0 Å². The number of hydrogen-bond acceptors (Lipinski definition) is 3. The van der Waals surface area contributed by atoms with Gasteiger partial charge in [0.2, 0.25) is 0 Å². The van der Waals surface area contributed by atoms with E-state index in [0.29, 0.717) is 24.3 Å². The van der Waals surface area contributed by atoms with E-state index in [1.54, 1.807) is 6.92 Å². The van der Waals surface area contributed by atoms with Crippen molar-refractivity contribution in [3.63, 3.8) is 0 Å². The Morgan fingerprint density at radius 2 is 2.44 bits per heavy atom. The summed E-state index contributed by atoms with van der Waals surface area (Å²) in [7, 11) is 0. The molecule has 1 aliphatic heterocycles. The Morgan fingerprint density at radius 3 is 3.11 bits per heavy atom. The van der Waals surface area contributed by atoms with E-state index in [9.17, 15) is 9.18 Å². The minimum atomic E-state index is -0.330. The minimum absolute atomic E-state index is 0.00320. The summed E-state index contributed by atoms with van der Waals surface area (Å²) < 4.78 is 18.4. The molecule has 18 heavy (non-hydrogen) atoms. The van der Waals surface area contributed by atoms with Gasteiger partial charge in [-0.25, -0.2) is 4.39 Å². The number of benzene rings is 1. The maximum Gasteiger partial charge on any atom is 0.251 e. The van der Waals surface area contributed by atoms with Crippen LogP contribution in [0.4, 0.5) is 4.39 Å². The zero-order valence-electron chi connectivity index (χ0n) is 10.3. The van der Waals surface area contributed by atoms with E-state index in [-0.39, 0.29) is 17.8 Å². The second-order valence-electron chi connectivity index (χ2n) is 4.37. The smallest absolute Gasteiger partial charge is 0.251 e. The van der Waals surface area contributed by atoms with E-state index in [1.807, 2.05) is 0 Å². The largest absolute Gasteiger partial charge is 0.374 e. The van der Waals surface area contributed by atoms with Gasteiger partial charge in [-0.2, -0.15) is 0 Å². The van der Waals surface area contributed by atoms with Gasteiger partial charge in [0, 0.05) is 25.2 Å². The van der Waals surface area contributed by atoms with Gasteiger partial charge in [-0.05, 0) is 30.7 Å². The molecule has 2 rings (SSSR count). The molecule has 0 aromatic heterocycles. The van der Waals surface area contributed by atoms with E-state index in [4.69, 9.17) is 4.74 Å². The Morgan fingerprint density at radius 1 is 1.61 bits per heavy atom. The lowest BCUT2D eigenvalue weighted by Crippen LogP contribution is -2.45. The predicted octanol–water partition coefficient (Wildman–Crippen LogP) is 0.852. The van der Waals surface area contributed by atoms with Crippen molar-refractivity contribution in [1.82, 2.24) is 10.6 Å². The summed E-state index contributed by atoms with van der Waals surface area (Å²) in [5.74, 6) is -0.523. The predicted molar refractivity (Wildman–Crippen MR) is 66.1 cm³/mol. The van der Waals surface area contributed by atoms with Crippen LogP contribution in [0, 0.1) is 12.7 Å². The lowest BCUT2D eigenvalue weighted by molar-refractivity contribution is 0.0287. The number of aryl methyl sites for hydroxylation is 1. The normalized spacial score (nSPS) is 19.6. The van der Waals surface area contributed by atoms with Crippen molar-refractivity contribution in [2.24, 2.45) is 0 Å². The molecule has 0 aliphatic carbocycles. The third-order valence-electron chi connectivity index (χ3n) is 2.93. The molecule has 1 aliphatic rings. The summed E-state index contributed by atoms with van der Waals surface area (Å²) in [6.07, 6.45) is 0.00320. The first-order valence-electron chi connectivity index (χ1n) is 6.03. The van der Waals surface area contributed by atoms with Crippen molar-refractivity contribution in [2.45, 2.75) is 13.0 Å². The summed E-state index contributed by atoms with van der Waals surface area (Å²) in [5.41, 5.74) is 1.13. The highest BCUT2D eigenvalue weighted by atomic mass is 19.1. The Balaban J connectivity index is 1.90. The molecule has 1 unspecified atom stereocenters. The van der Waals surface area contributed by atoms with Crippen molar-refractivity contribution in [3.8, 4) is 0 Å². The number of nitrogens with one attached hydrogen (secondary N) is 2. The van der Waals surface area contributed by atoms with Crippen molar-refractivity contribution in [2.75, 3.05) is 26.2 Å². The second kappa shape index (κ2) is 5.93. The van der Waals surface area contributed by atoms with Crippen LogP contribution in [0.2, 0.25) is 0 Å². The second-order valence-corrected chi connectivity index (χ2v) is 4.37. The maximum absolute atomic E-state index is 12.9. The molecule has 2 N–H and O–H groups in total. The standard InChI is InChI=1S/C13H17FN2O2/c1-9-6-10(14)2-3-12(9)13(17)16-8-11-7-15-4-5-18-11/h2-3,6,11,15H,4-5,7-8H2,1H3,(H,16,17). The molecule has 1 amide bonds. The van der Waals surface area contributed by atoms with E-state index >= 15 is 0 Å². The lowest BCUT2D eigenvalue weighted by atomic mass is 10.1. The average molecular weight is 252 g/mol. The summed E-state index contributed by atoms with van der Waals surface area (Å²) in [5, 5.41) is 5.99. The van der Waals surface area contributed by atoms with Gasteiger partial charge in [0.05, 0.1) is 12.7 Å². The topological polar surface area (TPSA) is 50.4 Å². The molecule has 1 aromatic rings. The van der Waals surface area contributed by atoms with Gasteiger partial charge in [0.1, 0.15) is 5.82 Å². The summed E-state index contributed by atoms with van der Waals surface area (Å²) in [6, 6.07) is 4.15. The van der Waals surface area contributed by atoms with Crippen LogP contribution in [-0.4, -0.2) is 38.3 Å². The fraction of sp³-hybridized carbons (Fsp3) is 0.462. The van der Waals surface area contributed by atoms with Gasteiger partial charge in [0.15, 0.2) is 0 Å². The highest BCUT2D eigenvalue weighted by molar-refractivity contribution is 5.95. The van der Waals surface area contributed by atoms with E-state index in [1.165, 1.54) is 18.2 Å². The highest BCUT2D eigenvalue weighted by Gasteiger charge is 2.15. The average Bonchev–Trinajstić information content (AvgIpc) is 2.37. The lowest BCUT2D eigenvalue weighted by Gasteiger charge is -2.23. The van der Waals surface area contributed by atoms with Gasteiger partial charge in [-0.3, -0.25) is 4.79 Å². The van der Waals surface area contributed by atoms with Crippen LogP contribution in [0.3, 0.4) is 0 Å². The van der Waals surface area contributed by atoms with E-state index < -0.39 is 0 Å². The molecule has 0 saturated carbocycles. The Labute approximate surface area is 106 Å². The molecule has 1 heterocycles. The Kier molecular flexibility index (Phi) is 4.28. The molecule has 0 bridgehead atoms. The molecular weight excluding hydrogens is 235 g/mol. The molecule has 1 saturated heterocycles. The number of carbonyl (C=O) groups excluding carboxylic acids is 1. The van der Waals surface area contributed by atoms with Crippen LogP contribution in [0.15, 0.2) is 18.2 Å². The van der Waals surface area contributed by atoms with E-state index in [2.05, 4.69) is 10.6 Å². The quantitative estimate of drug-likeness (QED) is 0.838. The molecule has 1 atom stereocenters. The number of hydrogen-bond donors (Lipinski definition) is 2. The Hall–Kier alpha value is -1.46. The van der Waals surface area contributed by atoms with Gasteiger partial charge < -0.3 is 15.4 Å². The third-order valence-corrected chi connectivity index (χ3v) is 2.93. The SMILES string of the molecule is Cc1cc(F)ccc1C(=O)NCC1CNCCO1. The fourth-order valence-corrected chi connectivity index (χ4v) is 1.93. The first-order valence-corrected chi connectivity index (χ1v) is 6.03. The summed E-state index contributed by atoms with van der Waals surface area (Å²) >= 11 is 0. The molecular formula is C13H17FN2O2. The van der Waals surface area contributed by atoms with Gasteiger partial charge in [-0.15, -0.1) is 0 Å². The third kappa shape index (κ3) is 3.27. The van der Waals surface area contributed by atoms with Crippen LogP contribution < -0.4 is 10.6 Å². The molecule has 4 nitrogen and oxygen atoms in total. The molecule has 1 fully saturated rings. The molecule has 5 heteroatoms. The minimum Gasteiger partial charge on any atom is -0.374 e. The monoisotopic (exact) mass is 252 g/mol. The molecule has 0 spiro atoms. The highest BCUT2D eigenvalue weighted by Crippen LogP contribution is 2.10. The van der Waals surface area contributed by atoms with Crippen LogP contribution in [0.25, 0.3) is 0 Å². The van der Waals surface area contributed by atoms with E-state index in [0.717, 1.165) is 13.1 Å². The molecule has 1 aromatic carbocycles. The molecule has 98 valence electrons. The number of morpholine rings is 1. The number of amides is 1. The van der Waals surface area contributed by atoms with Crippen LogP contribution >= 0.6 is 0 Å². The summed E-state index contributed by atoms with van der Waals surface area (Å²) in [4.78, 5) is 11.9.